The lowest BCUT2D eigenvalue weighted by Gasteiger charge is -1.96. The Kier molecular flexibility index (Phi) is 2.57. The second kappa shape index (κ2) is 3.66. The van der Waals surface area contributed by atoms with Crippen LogP contribution in [0, 0.1) is 4.91 Å². The van der Waals surface area contributed by atoms with Crippen LogP contribution in [0.5, 0.6) is 0 Å². The molecule has 0 atom stereocenters. The Morgan fingerprint density at radius 2 is 2.50 bits per heavy atom. The summed E-state index contributed by atoms with van der Waals surface area (Å²) in [4.78, 5) is 24.3. The molecular weight excluding hydrogens is 160 g/mol. The summed E-state index contributed by atoms with van der Waals surface area (Å²) in [6, 6.07) is 0. The Labute approximate surface area is 68.6 Å². The highest BCUT2D eigenvalue weighted by Crippen LogP contribution is 1.91. The number of ether oxygens (including phenoxy) is 1. The summed E-state index contributed by atoms with van der Waals surface area (Å²) in [6.45, 7) is 1.99. The van der Waals surface area contributed by atoms with Gasteiger partial charge < -0.3 is 9.72 Å². The molecule has 0 bridgehead atoms. The molecule has 1 aromatic rings. The lowest BCUT2D eigenvalue weighted by molar-refractivity contribution is -0.495. The third-order valence-electron chi connectivity index (χ3n) is 1.21. The average molecular weight is 169 g/mol. The van der Waals surface area contributed by atoms with Crippen LogP contribution in [0.4, 0.5) is 0 Å². The van der Waals surface area contributed by atoms with E-state index in [-0.39, 0.29) is 5.69 Å². The van der Waals surface area contributed by atoms with Crippen LogP contribution in [0.3, 0.4) is 0 Å². The minimum atomic E-state index is -0.525. The molecule has 0 fully saturated rings. The number of aromatic nitrogens is 2. The van der Waals surface area contributed by atoms with Crippen LogP contribution >= 0.6 is 0 Å². The third kappa shape index (κ3) is 1.91. The van der Waals surface area contributed by atoms with Gasteiger partial charge in [0.15, 0.2) is 5.69 Å². The standard InChI is InChI=1S/C7H9N2O3/c1-2-12-7(10)6-5-9(11)4-3-8-6/h3-5H,2H2,1H3,(H,8,11)/q+1. The monoisotopic (exact) mass is 169 g/mol. The van der Waals surface area contributed by atoms with E-state index < -0.39 is 5.97 Å². The Bertz CT molecular complexity index is 331. The van der Waals surface area contributed by atoms with Crippen molar-refractivity contribution in [2.45, 2.75) is 6.92 Å². The topological polar surface area (TPSA) is 65.1 Å². The first kappa shape index (κ1) is 8.45. The number of hydrogen-bond acceptors (Lipinski definition) is 3. The Morgan fingerprint density at radius 3 is 3.08 bits per heavy atom. The number of esters is 1. The minimum absolute atomic E-state index is 0.148. The summed E-state index contributed by atoms with van der Waals surface area (Å²) >= 11 is 0. The third-order valence-corrected chi connectivity index (χ3v) is 1.21. The van der Waals surface area contributed by atoms with Gasteiger partial charge in [-0.2, -0.15) is 0 Å². The first-order valence-electron chi connectivity index (χ1n) is 3.51. The van der Waals surface area contributed by atoms with Crippen LogP contribution in [0.15, 0.2) is 18.6 Å². The van der Waals surface area contributed by atoms with Crippen molar-refractivity contribution >= 4 is 5.97 Å². The molecule has 0 aliphatic heterocycles. The molecule has 64 valence electrons. The van der Waals surface area contributed by atoms with E-state index in [4.69, 9.17) is 0 Å². The van der Waals surface area contributed by atoms with Gasteiger partial charge in [0.2, 0.25) is 6.20 Å². The maximum atomic E-state index is 11.0. The lowest BCUT2D eigenvalue weighted by Crippen LogP contribution is -2.17. The molecule has 1 aromatic heterocycles. The fraction of sp³-hybridized carbons (Fsp3) is 0.286. The lowest BCUT2D eigenvalue weighted by atomic mass is 10.5. The van der Waals surface area contributed by atoms with E-state index in [9.17, 15) is 9.70 Å². The summed E-state index contributed by atoms with van der Waals surface area (Å²) < 4.78 is 5.19. The highest BCUT2D eigenvalue weighted by Gasteiger charge is 2.10. The number of H-pyrrole nitrogens is 1. The maximum Gasteiger partial charge on any atom is 0.361 e. The molecule has 0 aliphatic rings. The molecule has 0 aliphatic carbocycles. The van der Waals surface area contributed by atoms with Crippen molar-refractivity contribution < 1.29 is 14.0 Å². The SMILES string of the molecule is CCOC(=O)c1c[n+](=O)cc[nH]1. The molecule has 0 radical (unpaired) electrons. The average Bonchev–Trinajstić information content (AvgIpc) is 2.05. The first-order chi connectivity index (χ1) is 5.74. The van der Waals surface area contributed by atoms with Crippen LogP contribution < -0.4 is 4.43 Å². The number of carbonyl (C=O) groups excluding carboxylic acids is 1. The molecule has 0 saturated heterocycles. The Morgan fingerprint density at radius 1 is 1.75 bits per heavy atom. The highest BCUT2D eigenvalue weighted by molar-refractivity contribution is 5.86. The van der Waals surface area contributed by atoms with Gasteiger partial charge >= 0.3 is 5.97 Å². The Balaban J connectivity index is 2.88. The van der Waals surface area contributed by atoms with Crippen LogP contribution in [0.25, 0.3) is 0 Å². The second-order valence-electron chi connectivity index (χ2n) is 2.08. The minimum Gasteiger partial charge on any atom is -0.461 e. The number of carbonyl (C=O) groups is 1. The van der Waals surface area contributed by atoms with Crippen LogP contribution in [-0.4, -0.2) is 17.6 Å². The van der Waals surface area contributed by atoms with Crippen molar-refractivity contribution in [3.8, 4) is 0 Å². The molecule has 0 amide bonds. The molecule has 1 rings (SSSR count). The van der Waals surface area contributed by atoms with Gasteiger partial charge in [0.05, 0.1) is 17.2 Å². The molecule has 0 aromatic carbocycles. The largest absolute Gasteiger partial charge is 0.461 e. The van der Waals surface area contributed by atoms with Crippen LogP contribution in [0.1, 0.15) is 17.4 Å². The fourth-order valence-corrected chi connectivity index (χ4v) is 0.729. The van der Waals surface area contributed by atoms with Crippen molar-refractivity contribution in [1.29, 1.82) is 0 Å². The quantitative estimate of drug-likeness (QED) is 0.504. The summed E-state index contributed by atoms with van der Waals surface area (Å²) in [5.74, 6) is -0.525. The van der Waals surface area contributed by atoms with Gasteiger partial charge in [-0.1, -0.05) is 0 Å². The van der Waals surface area contributed by atoms with E-state index in [2.05, 4.69) is 9.72 Å². The van der Waals surface area contributed by atoms with Crippen molar-refractivity contribution in [1.82, 2.24) is 4.98 Å². The van der Waals surface area contributed by atoms with Crippen molar-refractivity contribution in [2.75, 3.05) is 6.61 Å². The zero-order valence-corrected chi connectivity index (χ0v) is 6.61. The van der Waals surface area contributed by atoms with E-state index in [1.165, 1.54) is 12.4 Å². The number of hydrogen-bond donors (Lipinski definition) is 1. The van der Waals surface area contributed by atoms with E-state index in [0.29, 0.717) is 11.0 Å². The van der Waals surface area contributed by atoms with Crippen molar-refractivity contribution in [3.63, 3.8) is 0 Å². The number of rotatable bonds is 2. The number of nitrogens with one attached hydrogen (secondary N) is 1. The molecule has 5 nitrogen and oxygen atoms in total. The molecule has 0 saturated carbocycles. The van der Waals surface area contributed by atoms with E-state index >= 15 is 0 Å². The molecular formula is C7H9N2O3+. The van der Waals surface area contributed by atoms with Crippen molar-refractivity contribution in [3.05, 3.63) is 29.2 Å². The molecule has 12 heavy (non-hydrogen) atoms. The number of aromatic amines is 1. The molecule has 1 N–H and O–H groups in total. The Hall–Kier alpha value is -1.65. The van der Waals surface area contributed by atoms with Gasteiger partial charge in [-0.05, 0) is 6.92 Å². The summed E-state index contributed by atoms with van der Waals surface area (Å²) in [6.07, 6.45) is 3.75. The van der Waals surface area contributed by atoms with E-state index in [1.807, 2.05) is 0 Å². The zero-order chi connectivity index (χ0) is 8.97. The highest BCUT2D eigenvalue weighted by atomic mass is 16.5. The molecule has 5 heteroatoms. The van der Waals surface area contributed by atoms with Gasteiger partial charge in [-0.3, -0.25) is 0 Å². The van der Waals surface area contributed by atoms with Gasteiger partial charge in [-0.25, -0.2) is 4.79 Å². The maximum absolute atomic E-state index is 11.0. The van der Waals surface area contributed by atoms with Crippen LogP contribution in [0.2, 0.25) is 0 Å². The van der Waals surface area contributed by atoms with Gasteiger partial charge in [0.25, 0.3) is 6.20 Å². The fourth-order valence-electron chi connectivity index (χ4n) is 0.729. The number of nitrogens with zero attached hydrogens (tertiary/aromatic N) is 1. The molecule has 0 unspecified atom stereocenters. The normalized spacial score (nSPS) is 9.42. The second-order valence-corrected chi connectivity index (χ2v) is 2.08. The summed E-state index contributed by atoms with van der Waals surface area (Å²) in [5.41, 5.74) is 0.148. The van der Waals surface area contributed by atoms with Crippen molar-refractivity contribution in [2.24, 2.45) is 0 Å². The predicted molar refractivity (Wildman–Crippen MR) is 40.1 cm³/mol. The molecule has 1 heterocycles. The van der Waals surface area contributed by atoms with E-state index in [1.54, 1.807) is 6.92 Å². The molecule has 0 spiro atoms. The van der Waals surface area contributed by atoms with Crippen LogP contribution in [-0.2, 0) is 4.74 Å². The summed E-state index contributed by atoms with van der Waals surface area (Å²) in [7, 11) is 0. The predicted octanol–water partition coefficient (Wildman–Crippen LogP) is 0.106. The zero-order valence-electron chi connectivity index (χ0n) is 6.61. The van der Waals surface area contributed by atoms with Gasteiger partial charge in [-0.15, -0.1) is 0 Å². The summed E-state index contributed by atoms with van der Waals surface area (Å²) in [5, 5.41) is 0. The smallest absolute Gasteiger partial charge is 0.361 e. The van der Waals surface area contributed by atoms with Gasteiger partial charge in [0, 0.05) is 4.91 Å². The van der Waals surface area contributed by atoms with Gasteiger partial charge in [0.1, 0.15) is 0 Å². The van der Waals surface area contributed by atoms with E-state index in [0.717, 1.165) is 6.20 Å². The first-order valence-corrected chi connectivity index (χ1v) is 3.51.